The van der Waals surface area contributed by atoms with Crippen molar-refractivity contribution in [2.45, 2.75) is 63.7 Å². The summed E-state index contributed by atoms with van der Waals surface area (Å²) in [4.78, 5) is 7.10. The highest BCUT2D eigenvalue weighted by Gasteiger charge is 2.44. The molecule has 2 aliphatic rings. The lowest BCUT2D eigenvalue weighted by atomic mass is 9.99. The van der Waals surface area contributed by atoms with Crippen molar-refractivity contribution in [1.82, 2.24) is 19.8 Å². The smallest absolute Gasteiger partial charge is 0.170 e. The summed E-state index contributed by atoms with van der Waals surface area (Å²) in [5.41, 5.74) is 2.39. The molecule has 0 amide bonds. The van der Waals surface area contributed by atoms with Gasteiger partial charge in [-0.05, 0) is 63.2 Å². The van der Waals surface area contributed by atoms with E-state index in [9.17, 15) is 0 Å². The van der Waals surface area contributed by atoms with Crippen LogP contribution < -0.4 is 5.32 Å². The molecular weight excluding hydrogens is 328 g/mol. The van der Waals surface area contributed by atoms with Gasteiger partial charge in [0.1, 0.15) is 0 Å². The van der Waals surface area contributed by atoms with Crippen molar-refractivity contribution in [2.75, 3.05) is 0 Å². The molecule has 1 saturated heterocycles. The topological polar surface area (TPSA) is 33.1 Å². The number of hydrogen-bond acceptors (Lipinski definition) is 2. The van der Waals surface area contributed by atoms with E-state index in [1.54, 1.807) is 0 Å². The summed E-state index contributed by atoms with van der Waals surface area (Å²) in [7, 11) is 0. The number of thiocarbonyl (C=S) groups is 1. The second kappa shape index (κ2) is 6.79. The molecule has 0 unspecified atom stereocenters. The highest BCUT2D eigenvalue weighted by atomic mass is 32.1. The van der Waals surface area contributed by atoms with Gasteiger partial charge in [-0.15, -0.1) is 0 Å². The minimum absolute atomic E-state index is 0.0988. The average molecular weight is 355 g/mol. The monoisotopic (exact) mass is 354 g/mol. The molecule has 1 N–H and O–H groups in total. The number of pyridine rings is 1. The predicted molar refractivity (Wildman–Crippen MR) is 104 cm³/mol. The van der Waals surface area contributed by atoms with Gasteiger partial charge in [-0.25, -0.2) is 0 Å². The molecule has 1 aliphatic heterocycles. The molecule has 0 radical (unpaired) electrons. The van der Waals surface area contributed by atoms with E-state index in [1.165, 1.54) is 31.4 Å². The third-order valence-electron chi connectivity index (χ3n) is 5.52. The molecule has 0 aromatic carbocycles. The van der Waals surface area contributed by atoms with Crippen molar-refractivity contribution in [2.24, 2.45) is 0 Å². The summed E-state index contributed by atoms with van der Waals surface area (Å²) in [6.45, 7) is 4.47. The summed E-state index contributed by atoms with van der Waals surface area (Å²) in [5.74, 6) is 0. The zero-order valence-corrected chi connectivity index (χ0v) is 15.7. The van der Waals surface area contributed by atoms with Crippen molar-refractivity contribution < 1.29 is 0 Å². The van der Waals surface area contributed by atoms with Crippen molar-refractivity contribution in [3.05, 3.63) is 54.1 Å². The minimum Gasteiger partial charge on any atom is -0.352 e. The van der Waals surface area contributed by atoms with Crippen LogP contribution in [0.2, 0.25) is 0 Å². The van der Waals surface area contributed by atoms with Crippen molar-refractivity contribution >= 4 is 17.3 Å². The van der Waals surface area contributed by atoms with Crippen LogP contribution in [0.3, 0.4) is 0 Å². The first-order valence-electron chi connectivity index (χ1n) is 9.33. The summed E-state index contributed by atoms with van der Waals surface area (Å²) in [6.07, 6.45) is 9.12. The maximum absolute atomic E-state index is 5.79. The van der Waals surface area contributed by atoms with Crippen LogP contribution in [0, 0.1) is 0 Å². The summed E-state index contributed by atoms with van der Waals surface area (Å²) >= 11 is 5.79. The molecule has 1 aliphatic carbocycles. The minimum atomic E-state index is 0.0988. The second-order valence-corrected chi connectivity index (χ2v) is 7.79. The molecule has 132 valence electrons. The molecule has 4 nitrogen and oxygen atoms in total. The van der Waals surface area contributed by atoms with Crippen LogP contribution in [-0.2, 0) is 0 Å². The molecule has 2 aromatic rings. The Morgan fingerprint density at radius 3 is 2.64 bits per heavy atom. The highest BCUT2D eigenvalue weighted by molar-refractivity contribution is 7.80. The Kier molecular flexibility index (Phi) is 4.50. The van der Waals surface area contributed by atoms with Gasteiger partial charge in [-0.3, -0.25) is 4.98 Å². The van der Waals surface area contributed by atoms with Gasteiger partial charge in [0.05, 0.1) is 17.8 Å². The lowest BCUT2D eigenvalue weighted by Gasteiger charge is -2.34. The van der Waals surface area contributed by atoms with Crippen molar-refractivity contribution in [3.63, 3.8) is 0 Å². The van der Waals surface area contributed by atoms with Gasteiger partial charge >= 0.3 is 0 Å². The number of aromatic nitrogens is 2. The molecule has 0 bridgehead atoms. The quantitative estimate of drug-likeness (QED) is 0.826. The Morgan fingerprint density at radius 2 is 1.96 bits per heavy atom. The Bertz CT molecular complexity index is 733. The summed E-state index contributed by atoms with van der Waals surface area (Å²) in [5, 5.41) is 4.46. The van der Waals surface area contributed by atoms with Crippen LogP contribution in [0.25, 0.3) is 0 Å². The van der Waals surface area contributed by atoms with Crippen molar-refractivity contribution in [3.8, 4) is 0 Å². The first kappa shape index (κ1) is 16.6. The van der Waals surface area contributed by atoms with E-state index in [4.69, 9.17) is 12.2 Å². The molecule has 3 heterocycles. The fourth-order valence-electron chi connectivity index (χ4n) is 4.39. The van der Waals surface area contributed by atoms with Gasteiger partial charge in [0.25, 0.3) is 0 Å². The Balaban J connectivity index is 1.79. The molecule has 0 spiro atoms. The normalized spacial score (nSPS) is 24.3. The predicted octanol–water partition coefficient (Wildman–Crippen LogP) is 4.38. The lowest BCUT2D eigenvalue weighted by molar-refractivity contribution is 0.234. The Hall–Kier alpha value is -1.88. The largest absolute Gasteiger partial charge is 0.352 e. The van der Waals surface area contributed by atoms with E-state index in [2.05, 4.69) is 64.1 Å². The van der Waals surface area contributed by atoms with Crippen LogP contribution in [-0.4, -0.2) is 25.6 Å². The zero-order chi connectivity index (χ0) is 17.4. The molecular formula is C20H26N4S. The third kappa shape index (κ3) is 2.95. The van der Waals surface area contributed by atoms with E-state index in [1.807, 2.05) is 12.3 Å². The number of nitrogens with zero attached hydrogens (tertiary/aromatic N) is 3. The van der Waals surface area contributed by atoms with Crippen LogP contribution in [0.1, 0.15) is 69.0 Å². The maximum Gasteiger partial charge on any atom is 0.170 e. The SMILES string of the molecule is CC(C)n1cccc1[C@H]1[C@@H](c2ccccn2)NC(=S)N1C1CCCC1. The van der Waals surface area contributed by atoms with Crippen LogP contribution in [0.4, 0.5) is 0 Å². The fraction of sp³-hybridized carbons (Fsp3) is 0.500. The first-order valence-corrected chi connectivity index (χ1v) is 9.74. The first-order chi connectivity index (χ1) is 12.2. The van der Waals surface area contributed by atoms with E-state index in [0.29, 0.717) is 12.1 Å². The van der Waals surface area contributed by atoms with Crippen LogP contribution in [0.5, 0.6) is 0 Å². The van der Waals surface area contributed by atoms with Gasteiger partial charge in [0.2, 0.25) is 0 Å². The Morgan fingerprint density at radius 1 is 1.16 bits per heavy atom. The van der Waals surface area contributed by atoms with E-state index >= 15 is 0 Å². The second-order valence-electron chi connectivity index (χ2n) is 7.41. The molecule has 2 aromatic heterocycles. The average Bonchev–Trinajstić information content (AvgIpc) is 3.34. The summed E-state index contributed by atoms with van der Waals surface area (Å²) < 4.78 is 2.37. The van der Waals surface area contributed by atoms with Crippen LogP contribution in [0.15, 0.2) is 42.7 Å². The van der Waals surface area contributed by atoms with E-state index < -0.39 is 0 Å². The molecule has 5 heteroatoms. The van der Waals surface area contributed by atoms with Crippen molar-refractivity contribution in [1.29, 1.82) is 0 Å². The molecule has 25 heavy (non-hydrogen) atoms. The Labute approximate surface area is 155 Å². The molecule has 2 atom stereocenters. The van der Waals surface area contributed by atoms with Gasteiger partial charge in [0.15, 0.2) is 5.11 Å². The van der Waals surface area contributed by atoms with Crippen LogP contribution >= 0.6 is 12.2 Å². The van der Waals surface area contributed by atoms with E-state index in [0.717, 1.165) is 10.8 Å². The number of hydrogen-bond donors (Lipinski definition) is 1. The third-order valence-corrected chi connectivity index (χ3v) is 5.85. The number of rotatable bonds is 4. The lowest BCUT2D eigenvalue weighted by Crippen LogP contribution is -2.38. The molecule has 4 rings (SSSR count). The zero-order valence-electron chi connectivity index (χ0n) is 14.9. The molecule has 1 saturated carbocycles. The van der Waals surface area contributed by atoms with Gasteiger partial charge in [-0.2, -0.15) is 0 Å². The van der Waals surface area contributed by atoms with Gasteiger partial charge in [0, 0.05) is 30.2 Å². The highest BCUT2D eigenvalue weighted by Crippen LogP contribution is 2.43. The fourth-order valence-corrected chi connectivity index (χ4v) is 4.78. The van der Waals surface area contributed by atoms with Gasteiger partial charge < -0.3 is 14.8 Å². The van der Waals surface area contributed by atoms with Gasteiger partial charge in [-0.1, -0.05) is 18.9 Å². The van der Waals surface area contributed by atoms with E-state index in [-0.39, 0.29) is 12.1 Å². The maximum atomic E-state index is 5.79. The molecule has 2 fully saturated rings. The summed E-state index contributed by atoms with van der Waals surface area (Å²) in [6, 6.07) is 11.8. The number of nitrogens with one attached hydrogen (secondary N) is 1. The standard InChI is InChI=1S/C20H26N4S/c1-14(2)23-13-7-11-17(23)19-18(16-10-5-6-12-21-16)22-20(25)24(19)15-8-3-4-9-15/h5-7,10-15,18-19H,3-4,8-9H2,1-2H3,(H,22,25)/t18-,19+/m1/s1.